The molecular formula is C14H13BrFNO. The highest BCUT2D eigenvalue weighted by Crippen LogP contribution is 2.25. The number of rotatable bonds is 3. The molecule has 0 saturated carbocycles. The normalized spacial score (nSPS) is 10.4. The van der Waals surface area contributed by atoms with Crippen LogP contribution in [0.15, 0.2) is 40.9 Å². The Labute approximate surface area is 114 Å². The highest BCUT2D eigenvalue weighted by atomic mass is 79.9. The summed E-state index contributed by atoms with van der Waals surface area (Å²) in [5.74, 6) is 0.324. The molecule has 0 aliphatic carbocycles. The van der Waals surface area contributed by atoms with Crippen LogP contribution in [0.1, 0.15) is 11.1 Å². The van der Waals surface area contributed by atoms with Gasteiger partial charge in [-0.3, -0.25) is 0 Å². The largest absolute Gasteiger partial charge is 0.487 e. The fourth-order valence-electron chi connectivity index (χ4n) is 1.61. The molecule has 2 aromatic rings. The summed E-state index contributed by atoms with van der Waals surface area (Å²) in [5, 5.41) is 0. The van der Waals surface area contributed by atoms with Crippen molar-refractivity contribution in [1.29, 1.82) is 0 Å². The molecule has 0 unspecified atom stereocenters. The van der Waals surface area contributed by atoms with Crippen LogP contribution >= 0.6 is 15.9 Å². The van der Waals surface area contributed by atoms with Gasteiger partial charge in [0, 0.05) is 10.0 Å². The fourth-order valence-corrected chi connectivity index (χ4v) is 1.97. The lowest BCUT2D eigenvalue weighted by molar-refractivity contribution is 0.306. The molecule has 2 aromatic carbocycles. The second-order valence-electron chi connectivity index (χ2n) is 4.07. The molecule has 0 heterocycles. The topological polar surface area (TPSA) is 35.2 Å². The van der Waals surface area contributed by atoms with Crippen molar-refractivity contribution in [3.05, 3.63) is 57.8 Å². The fraction of sp³-hybridized carbons (Fsp3) is 0.143. The van der Waals surface area contributed by atoms with E-state index in [2.05, 4.69) is 15.9 Å². The summed E-state index contributed by atoms with van der Waals surface area (Å²) >= 11 is 3.36. The van der Waals surface area contributed by atoms with Gasteiger partial charge >= 0.3 is 0 Å². The van der Waals surface area contributed by atoms with Gasteiger partial charge in [-0.05, 0) is 42.8 Å². The average molecular weight is 310 g/mol. The van der Waals surface area contributed by atoms with Crippen molar-refractivity contribution >= 4 is 21.6 Å². The summed E-state index contributed by atoms with van der Waals surface area (Å²) in [4.78, 5) is 0. The lowest BCUT2D eigenvalue weighted by Gasteiger charge is -2.10. The number of hydrogen-bond acceptors (Lipinski definition) is 2. The smallest absolute Gasteiger partial charge is 0.142 e. The van der Waals surface area contributed by atoms with Crippen LogP contribution in [0.25, 0.3) is 0 Å². The van der Waals surface area contributed by atoms with E-state index in [0.29, 0.717) is 11.4 Å². The third-order valence-corrected chi connectivity index (χ3v) is 3.33. The van der Waals surface area contributed by atoms with Crippen molar-refractivity contribution < 1.29 is 9.13 Å². The first-order chi connectivity index (χ1) is 8.56. The predicted octanol–water partition coefficient (Wildman–Crippen LogP) is 4.06. The number of nitrogens with two attached hydrogens (primary N) is 1. The van der Waals surface area contributed by atoms with Crippen molar-refractivity contribution in [1.82, 2.24) is 0 Å². The second-order valence-corrected chi connectivity index (χ2v) is 4.92. The van der Waals surface area contributed by atoms with Crippen molar-refractivity contribution in [2.75, 3.05) is 5.73 Å². The number of nitrogen functional groups attached to an aromatic ring is 1. The maximum absolute atomic E-state index is 13.1. The molecule has 0 aromatic heterocycles. The number of hydrogen-bond donors (Lipinski definition) is 1. The third kappa shape index (κ3) is 3.01. The number of benzene rings is 2. The number of halogens is 2. The Bertz CT molecular complexity index is 572. The molecule has 0 fully saturated rings. The molecule has 0 saturated heterocycles. The molecule has 0 amide bonds. The van der Waals surface area contributed by atoms with E-state index in [1.807, 2.05) is 25.1 Å². The van der Waals surface area contributed by atoms with Crippen LogP contribution < -0.4 is 10.5 Å². The van der Waals surface area contributed by atoms with Gasteiger partial charge in [0.1, 0.15) is 18.2 Å². The molecule has 0 bridgehead atoms. The van der Waals surface area contributed by atoms with Crippen LogP contribution in [0.5, 0.6) is 5.75 Å². The third-order valence-electron chi connectivity index (χ3n) is 2.56. The minimum atomic E-state index is -0.284. The lowest BCUT2D eigenvalue weighted by Crippen LogP contribution is -2.00. The predicted molar refractivity (Wildman–Crippen MR) is 74.0 cm³/mol. The highest BCUT2D eigenvalue weighted by molar-refractivity contribution is 9.10. The first kappa shape index (κ1) is 12.9. The van der Waals surface area contributed by atoms with Gasteiger partial charge < -0.3 is 10.5 Å². The Morgan fingerprint density at radius 3 is 2.72 bits per heavy atom. The molecule has 94 valence electrons. The van der Waals surface area contributed by atoms with E-state index < -0.39 is 0 Å². The number of ether oxygens (including phenoxy) is 1. The van der Waals surface area contributed by atoms with Crippen molar-refractivity contribution in [3.8, 4) is 5.75 Å². The monoisotopic (exact) mass is 309 g/mol. The van der Waals surface area contributed by atoms with Gasteiger partial charge in [0.15, 0.2) is 0 Å². The zero-order valence-corrected chi connectivity index (χ0v) is 11.5. The molecule has 4 heteroatoms. The van der Waals surface area contributed by atoms with Crippen LogP contribution in [-0.2, 0) is 6.61 Å². The summed E-state index contributed by atoms with van der Waals surface area (Å²) in [7, 11) is 0. The van der Waals surface area contributed by atoms with Crippen LogP contribution in [0.4, 0.5) is 10.1 Å². The van der Waals surface area contributed by atoms with Crippen LogP contribution in [0, 0.1) is 12.7 Å². The summed E-state index contributed by atoms with van der Waals surface area (Å²) in [6.45, 7) is 2.23. The maximum atomic E-state index is 13.1. The van der Waals surface area contributed by atoms with E-state index in [1.54, 1.807) is 6.07 Å². The minimum Gasteiger partial charge on any atom is -0.487 e. The SMILES string of the molecule is Cc1ccc(OCc2cc(F)ccc2Br)c(N)c1. The van der Waals surface area contributed by atoms with Gasteiger partial charge in [-0.15, -0.1) is 0 Å². The summed E-state index contributed by atoms with van der Waals surface area (Å²) < 4.78 is 19.5. The van der Waals surface area contributed by atoms with Gasteiger partial charge in [-0.25, -0.2) is 4.39 Å². The van der Waals surface area contributed by atoms with Crippen molar-refractivity contribution in [3.63, 3.8) is 0 Å². The van der Waals surface area contributed by atoms with E-state index in [9.17, 15) is 4.39 Å². The standard InChI is InChI=1S/C14H13BrFNO/c1-9-2-5-14(13(17)6-9)18-8-10-7-11(16)3-4-12(10)15/h2-7H,8,17H2,1H3. The Hall–Kier alpha value is -1.55. The van der Waals surface area contributed by atoms with E-state index in [4.69, 9.17) is 10.5 Å². The highest BCUT2D eigenvalue weighted by Gasteiger charge is 2.05. The summed E-state index contributed by atoms with van der Waals surface area (Å²) in [6, 6.07) is 10.1. The van der Waals surface area contributed by atoms with Gasteiger partial charge in [0.25, 0.3) is 0 Å². The summed E-state index contributed by atoms with van der Waals surface area (Å²) in [5.41, 5.74) is 8.25. The van der Waals surface area contributed by atoms with Crippen molar-refractivity contribution in [2.24, 2.45) is 0 Å². The van der Waals surface area contributed by atoms with E-state index in [-0.39, 0.29) is 12.4 Å². The molecule has 2 rings (SSSR count). The molecule has 0 aliphatic heterocycles. The number of anilines is 1. The molecule has 2 nitrogen and oxygen atoms in total. The Morgan fingerprint density at radius 1 is 1.22 bits per heavy atom. The average Bonchev–Trinajstić information content (AvgIpc) is 2.32. The first-order valence-corrected chi connectivity index (χ1v) is 6.28. The molecular weight excluding hydrogens is 297 g/mol. The van der Waals surface area contributed by atoms with Gasteiger partial charge in [0.05, 0.1) is 5.69 Å². The zero-order chi connectivity index (χ0) is 13.1. The quantitative estimate of drug-likeness (QED) is 0.868. The van der Waals surface area contributed by atoms with E-state index >= 15 is 0 Å². The molecule has 18 heavy (non-hydrogen) atoms. The van der Waals surface area contributed by atoms with Crippen LogP contribution in [-0.4, -0.2) is 0 Å². The Kier molecular flexibility index (Phi) is 3.87. The Morgan fingerprint density at radius 2 is 2.00 bits per heavy atom. The van der Waals surface area contributed by atoms with Gasteiger partial charge in [-0.2, -0.15) is 0 Å². The molecule has 0 radical (unpaired) electrons. The molecule has 0 spiro atoms. The van der Waals surface area contributed by atoms with Gasteiger partial charge in [-0.1, -0.05) is 22.0 Å². The molecule has 0 atom stereocenters. The zero-order valence-electron chi connectivity index (χ0n) is 9.91. The molecule has 0 aliphatic rings. The lowest BCUT2D eigenvalue weighted by atomic mass is 10.2. The maximum Gasteiger partial charge on any atom is 0.142 e. The van der Waals surface area contributed by atoms with Gasteiger partial charge in [0.2, 0.25) is 0 Å². The van der Waals surface area contributed by atoms with E-state index in [1.165, 1.54) is 12.1 Å². The number of aryl methyl sites for hydroxylation is 1. The van der Waals surface area contributed by atoms with Crippen molar-refractivity contribution in [2.45, 2.75) is 13.5 Å². The summed E-state index contributed by atoms with van der Waals surface area (Å²) in [6.07, 6.45) is 0. The van der Waals surface area contributed by atoms with Crippen LogP contribution in [0.2, 0.25) is 0 Å². The van der Waals surface area contributed by atoms with Crippen LogP contribution in [0.3, 0.4) is 0 Å². The van der Waals surface area contributed by atoms with E-state index in [0.717, 1.165) is 15.6 Å². The minimum absolute atomic E-state index is 0.269. The molecule has 2 N–H and O–H groups in total. The Balaban J connectivity index is 2.13. The second kappa shape index (κ2) is 5.40. The first-order valence-electron chi connectivity index (χ1n) is 5.49.